The molecule has 0 heterocycles. The van der Waals surface area contributed by atoms with Crippen LogP contribution in [0, 0.1) is 0 Å². The van der Waals surface area contributed by atoms with Gasteiger partial charge in [0, 0.05) is 6.66 Å². The van der Waals surface area contributed by atoms with Crippen molar-refractivity contribution in [3.63, 3.8) is 0 Å². The maximum atomic E-state index is 12.1. The van der Waals surface area contributed by atoms with Crippen molar-refractivity contribution in [3.05, 3.63) is 0 Å². The molecule has 0 aliphatic heterocycles. The molecule has 2 atom stereocenters. The molecule has 0 radical (unpaired) electrons. The molecule has 7 nitrogen and oxygen atoms in total. The van der Waals surface area contributed by atoms with Crippen molar-refractivity contribution in [2.75, 3.05) is 13.3 Å². The summed E-state index contributed by atoms with van der Waals surface area (Å²) >= 11 is 0. The molecule has 20 heavy (non-hydrogen) atoms. The number of nitrogens with one attached hydrogen (secondary N) is 1. The van der Waals surface area contributed by atoms with Crippen molar-refractivity contribution in [2.24, 2.45) is 0 Å². The summed E-state index contributed by atoms with van der Waals surface area (Å²) in [5.41, 5.74) is 0. The van der Waals surface area contributed by atoms with Gasteiger partial charge in [0.05, 0.1) is 12.2 Å². The van der Waals surface area contributed by atoms with Crippen LogP contribution in [0.2, 0.25) is 0 Å². The van der Waals surface area contributed by atoms with E-state index in [0.717, 1.165) is 0 Å². The highest BCUT2D eigenvalue weighted by atomic mass is 31.2. The third-order valence-electron chi connectivity index (χ3n) is 1.93. The SMILES string of the molecule is CC(C)OC(=O)COP(C)(=O)N[C@@H](C)C(=O)OC(C)C. The molecule has 0 amide bonds. The summed E-state index contributed by atoms with van der Waals surface area (Å²) in [6.07, 6.45) is -0.528. The minimum Gasteiger partial charge on any atom is -0.462 e. The quantitative estimate of drug-likeness (QED) is 0.539. The number of hydrogen-bond acceptors (Lipinski definition) is 6. The van der Waals surface area contributed by atoms with E-state index in [-0.39, 0.29) is 12.2 Å². The molecule has 118 valence electrons. The van der Waals surface area contributed by atoms with Crippen molar-refractivity contribution in [3.8, 4) is 0 Å². The summed E-state index contributed by atoms with van der Waals surface area (Å²) in [7, 11) is -3.29. The van der Waals surface area contributed by atoms with Crippen LogP contribution in [0.25, 0.3) is 0 Å². The van der Waals surface area contributed by atoms with E-state index in [2.05, 4.69) is 5.09 Å². The molecule has 0 aromatic heterocycles. The van der Waals surface area contributed by atoms with E-state index in [1.54, 1.807) is 27.7 Å². The van der Waals surface area contributed by atoms with Gasteiger partial charge in [-0.05, 0) is 34.6 Å². The molecule has 8 heteroatoms. The summed E-state index contributed by atoms with van der Waals surface area (Å²) in [6, 6.07) is -0.797. The Morgan fingerprint density at radius 3 is 2.00 bits per heavy atom. The van der Waals surface area contributed by atoms with Gasteiger partial charge in [-0.3, -0.25) is 9.36 Å². The third kappa shape index (κ3) is 9.07. The van der Waals surface area contributed by atoms with Crippen molar-refractivity contribution in [1.82, 2.24) is 5.09 Å². The van der Waals surface area contributed by atoms with Crippen molar-refractivity contribution in [1.29, 1.82) is 0 Å². The number of hydrogen-bond donors (Lipinski definition) is 1. The van der Waals surface area contributed by atoms with Gasteiger partial charge in [0.15, 0.2) is 6.61 Å². The lowest BCUT2D eigenvalue weighted by Crippen LogP contribution is -2.35. The Morgan fingerprint density at radius 1 is 1.05 bits per heavy atom. The molecule has 0 spiro atoms. The fraction of sp³-hybridized carbons (Fsp3) is 0.833. The van der Waals surface area contributed by atoms with E-state index in [9.17, 15) is 14.2 Å². The Bertz CT molecular complexity index is 382. The van der Waals surface area contributed by atoms with Gasteiger partial charge < -0.3 is 14.0 Å². The molecule has 0 saturated heterocycles. The van der Waals surface area contributed by atoms with Crippen LogP contribution in [0.4, 0.5) is 0 Å². The number of ether oxygens (including phenoxy) is 2. The average molecular weight is 309 g/mol. The summed E-state index contributed by atoms with van der Waals surface area (Å²) < 4.78 is 26.8. The van der Waals surface area contributed by atoms with Crippen molar-refractivity contribution < 1.29 is 28.2 Å². The van der Waals surface area contributed by atoms with Gasteiger partial charge in [0.2, 0.25) is 0 Å². The lowest BCUT2D eigenvalue weighted by atomic mass is 10.4. The summed E-state index contributed by atoms with van der Waals surface area (Å²) in [5, 5.41) is 2.52. The molecule has 0 saturated carbocycles. The number of carbonyl (C=O) groups excluding carboxylic acids is 2. The summed E-state index contributed by atoms with van der Waals surface area (Å²) in [6.45, 7) is 9.19. The van der Waals surface area contributed by atoms with Gasteiger partial charge >= 0.3 is 11.9 Å². The Hall–Kier alpha value is -0.910. The fourth-order valence-corrected chi connectivity index (χ4v) is 2.48. The minimum absolute atomic E-state index is 0.259. The van der Waals surface area contributed by atoms with Gasteiger partial charge in [-0.15, -0.1) is 0 Å². The second-order valence-corrected chi connectivity index (χ2v) is 7.20. The zero-order chi connectivity index (χ0) is 15.9. The first-order valence-electron chi connectivity index (χ1n) is 6.43. The van der Waals surface area contributed by atoms with E-state index in [4.69, 9.17) is 14.0 Å². The predicted octanol–water partition coefficient (Wildman–Crippen LogP) is 1.71. The van der Waals surface area contributed by atoms with Crippen molar-refractivity contribution in [2.45, 2.75) is 52.9 Å². The molecular weight excluding hydrogens is 285 g/mol. The minimum atomic E-state index is -3.29. The molecule has 1 unspecified atom stereocenters. The number of rotatable bonds is 8. The van der Waals surface area contributed by atoms with Gasteiger partial charge in [0.1, 0.15) is 6.04 Å². The monoisotopic (exact) mass is 309 g/mol. The highest BCUT2D eigenvalue weighted by molar-refractivity contribution is 7.56. The predicted molar refractivity (Wildman–Crippen MR) is 74.5 cm³/mol. The van der Waals surface area contributed by atoms with Crippen LogP contribution in [0.1, 0.15) is 34.6 Å². The van der Waals surface area contributed by atoms with E-state index in [1.165, 1.54) is 13.6 Å². The number of esters is 2. The molecule has 1 N–H and O–H groups in total. The van der Waals surface area contributed by atoms with Crippen molar-refractivity contribution >= 4 is 19.5 Å². The first kappa shape index (κ1) is 19.1. The fourth-order valence-electron chi connectivity index (χ4n) is 1.25. The number of carbonyl (C=O) groups is 2. The average Bonchev–Trinajstić information content (AvgIpc) is 2.24. The standard InChI is InChI=1S/C12H24NO6P/c1-8(2)18-11(14)7-17-20(6,16)13-10(5)12(15)19-9(3)4/h8-10H,7H2,1-6H3,(H,13,16)/t10-,20?/m0/s1. The molecule has 0 aliphatic carbocycles. The molecule has 0 bridgehead atoms. The van der Waals surface area contributed by atoms with Gasteiger partial charge in [-0.1, -0.05) is 0 Å². The lowest BCUT2D eigenvalue weighted by Gasteiger charge is -2.20. The van der Waals surface area contributed by atoms with Crippen LogP contribution in [0.5, 0.6) is 0 Å². The molecule has 0 rings (SSSR count). The topological polar surface area (TPSA) is 90.9 Å². The Labute approximate surface area is 119 Å². The molecule has 0 aromatic rings. The van der Waals surface area contributed by atoms with Crippen LogP contribution < -0.4 is 5.09 Å². The zero-order valence-corrected chi connectivity index (χ0v) is 13.7. The van der Waals surface area contributed by atoms with E-state index in [0.29, 0.717) is 0 Å². The summed E-state index contributed by atoms with van der Waals surface area (Å²) in [5.74, 6) is -1.14. The lowest BCUT2D eigenvalue weighted by molar-refractivity contribution is -0.149. The van der Waals surface area contributed by atoms with Gasteiger partial charge in [-0.25, -0.2) is 9.88 Å². The smallest absolute Gasteiger partial charge is 0.332 e. The summed E-state index contributed by atoms with van der Waals surface area (Å²) in [4.78, 5) is 22.8. The normalized spacial score (nSPS) is 15.8. The molecule has 0 aromatic carbocycles. The van der Waals surface area contributed by atoms with E-state index < -0.39 is 32.1 Å². The van der Waals surface area contributed by atoms with Crippen LogP contribution in [0.15, 0.2) is 0 Å². The van der Waals surface area contributed by atoms with Gasteiger partial charge in [-0.2, -0.15) is 0 Å². The largest absolute Gasteiger partial charge is 0.462 e. The molecule has 0 fully saturated rings. The van der Waals surface area contributed by atoms with E-state index in [1.807, 2.05) is 0 Å². The molecular formula is C12H24NO6P. The van der Waals surface area contributed by atoms with Crippen LogP contribution >= 0.6 is 7.52 Å². The Kier molecular flexibility index (Phi) is 8.01. The highest BCUT2D eigenvalue weighted by Crippen LogP contribution is 2.38. The first-order chi connectivity index (χ1) is 9.03. The highest BCUT2D eigenvalue weighted by Gasteiger charge is 2.26. The van der Waals surface area contributed by atoms with Gasteiger partial charge in [0.25, 0.3) is 7.52 Å². The second kappa shape index (κ2) is 8.39. The second-order valence-electron chi connectivity index (χ2n) is 4.99. The maximum Gasteiger partial charge on any atom is 0.332 e. The Balaban J connectivity index is 4.27. The van der Waals surface area contributed by atoms with E-state index >= 15 is 0 Å². The third-order valence-corrected chi connectivity index (χ3v) is 3.41. The first-order valence-corrected chi connectivity index (χ1v) is 8.50. The maximum absolute atomic E-state index is 12.1. The zero-order valence-electron chi connectivity index (χ0n) is 12.8. The molecule has 0 aliphatic rings. The van der Waals surface area contributed by atoms with Crippen LogP contribution in [0.3, 0.4) is 0 Å². The van der Waals surface area contributed by atoms with Crippen LogP contribution in [-0.2, 0) is 28.2 Å². The van der Waals surface area contributed by atoms with Crippen LogP contribution in [-0.4, -0.2) is 43.5 Å². The Morgan fingerprint density at radius 2 is 1.55 bits per heavy atom.